The van der Waals surface area contributed by atoms with Gasteiger partial charge in [-0.2, -0.15) is 0 Å². The van der Waals surface area contributed by atoms with Gasteiger partial charge >= 0.3 is 5.97 Å². The van der Waals surface area contributed by atoms with Crippen LogP contribution in [-0.2, 0) is 9.53 Å². The minimum atomic E-state index is -0.145. The third-order valence-electron chi connectivity index (χ3n) is 4.75. The van der Waals surface area contributed by atoms with Crippen molar-refractivity contribution in [3.8, 4) is 0 Å². The van der Waals surface area contributed by atoms with E-state index in [1.807, 2.05) is 4.90 Å². The zero-order valence-corrected chi connectivity index (χ0v) is 17.2. The lowest BCUT2D eigenvalue weighted by Crippen LogP contribution is -2.34. The predicted molar refractivity (Wildman–Crippen MR) is 109 cm³/mol. The van der Waals surface area contributed by atoms with Gasteiger partial charge in [0.05, 0.1) is 19.6 Å². The Labute approximate surface area is 161 Å². The van der Waals surface area contributed by atoms with Crippen molar-refractivity contribution in [3.05, 3.63) is 0 Å². The molecule has 0 aliphatic heterocycles. The van der Waals surface area contributed by atoms with Crippen LogP contribution in [-0.4, -0.2) is 55.4 Å². The average molecular weight is 373 g/mol. The molecular formula is C21H44N2O3. The highest BCUT2D eigenvalue weighted by molar-refractivity contribution is 5.69. The van der Waals surface area contributed by atoms with Crippen LogP contribution in [0.3, 0.4) is 0 Å². The molecule has 3 N–H and O–H groups in total. The number of esters is 1. The molecule has 0 spiro atoms. The first-order valence-electron chi connectivity index (χ1n) is 10.9. The highest BCUT2D eigenvalue weighted by Gasteiger charge is 2.08. The van der Waals surface area contributed by atoms with Crippen molar-refractivity contribution in [1.29, 1.82) is 0 Å². The van der Waals surface area contributed by atoms with Gasteiger partial charge < -0.3 is 15.6 Å². The highest BCUT2D eigenvalue weighted by Crippen LogP contribution is 2.12. The van der Waals surface area contributed by atoms with Gasteiger partial charge in [0.1, 0.15) is 0 Å². The minimum Gasteiger partial charge on any atom is -0.466 e. The number of hydrogen-bond acceptors (Lipinski definition) is 5. The maximum Gasteiger partial charge on any atom is 0.307 e. The summed E-state index contributed by atoms with van der Waals surface area (Å²) in [5.74, 6) is -0.145. The number of unbranched alkanes of at least 4 members (excludes halogenated alkanes) is 11. The molecule has 0 unspecified atom stereocenters. The van der Waals surface area contributed by atoms with E-state index in [-0.39, 0.29) is 12.6 Å². The molecule has 0 heterocycles. The average Bonchev–Trinajstić information content (AvgIpc) is 2.64. The van der Waals surface area contributed by atoms with E-state index in [9.17, 15) is 4.79 Å². The fraction of sp³-hybridized carbons (Fsp3) is 0.952. The van der Waals surface area contributed by atoms with Gasteiger partial charge in [0, 0.05) is 26.2 Å². The molecule has 0 aromatic heterocycles. The van der Waals surface area contributed by atoms with Gasteiger partial charge in [-0.3, -0.25) is 9.69 Å². The molecule has 0 radical (unpaired) electrons. The van der Waals surface area contributed by atoms with E-state index < -0.39 is 0 Å². The second-order valence-corrected chi connectivity index (χ2v) is 7.21. The normalized spacial score (nSPS) is 11.2. The second-order valence-electron chi connectivity index (χ2n) is 7.21. The summed E-state index contributed by atoms with van der Waals surface area (Å²) in [5, 5.41) is 8.97. The number of rotatable bonds is 20. The molecule has 0 saturated heterocycles. The molecule has 0 aromatic rings. The van der Waals surface area contributed by atoms with E-state index in [2.05, 4.69) is 6.92 Å². The molecule has 0 rings (SSSR count). The van der Waals surface area contributed by atoms with Crippen LogP contribution >= 0.6 is 0 Å². The molecule has 0 aliphatic rings. The number of hydrogen-bond donors (Lipinski definition) is 2. The number of ether oxygens (including phenoxy) is 1. The first kappa shape index (κ1) is 25.4. The first-order chi connectivity index (χ1) is 12.7. The van der Waals surface area contributed by atoms with Gasteiger partial charge in [-0.15, -0.1) is 0 Å². The number of carbonyl (C=O) groups excluding carboxylic acids is 1. The maximum atomic E-state index is 11.7. The Balaban J connectivity index is 3.32. The van der Waals surface area contributed by atoms with E-state index in [1.54, 1.807) is 0 Å². The lowest BCUT2D eigenvalue weighted by atomic mass is 10.1. The van der Waals surface area contributed by atoms with Crippen molar-refractivity contribution in [1.82, 2.24) is 4.90 Å². The summed E-state index contributed by atoms with van der Waals surface area (Å²) in [6.45, 7) is 5.29. The van der Waals surface area contributed by atoms with Gasteiger partial charge in [-0.25, -0.2) is 0 Å². The van der Waals surface area contributed by atoms with Crippen LogP contribution in [0.1, 0.15) is 90.4 Å². The Bertz CT molecular complexity index is 295. The maximum absolute atomic E-state index is 11.7. The molecule has 156 valence electrons. The van der Waals surface area contributed by atoms with Crippen molar-refractivity contribution in [2.75, 3.05) is 39.4 Å². The number of nitrogens with zero attached hydrogens (tertiary/aromatic N) is 1. The fourth-order valence-corrected chi connectivity index (χ4v) is 3.11. The molecular weight excluding hydrogens is 328 g/mol. The summed E-state index contributed by atoms with van der Waals surface area (Å²) in [4.78, 5) is 13.7. The van der Waals surface area contributed by atoms with Crippen LogP contribution in [0, 0.1) is 0 Å². The third kappa shape index (κ3) is 18.2. The van der Waals surface area contributed by atoms with Crippen LogP contribution in [0.25, 0.3) is 0 Å². The van der Waals surface area contributed by atoms with Crippen LogP contribution in [0.2, 0.25) is 0 Å². The van der Waals surface area contributed by atoms with Gasteiger partial charge in [0.25, 0.3) is 0 Å². The smallest absolute Gasteiger partial charge is 0.307 e. The molecule has 0 saturated carbocycles. The Hall–Kier alpha value is -0.650. The number of aliphatic hydroxyl groups excluding tert-OH is 1. The van der Waals surface area contributed by atoms with E-state index in [1.165, 1.54) is 64.2 Å². The van der Waals surface area contributed by atoms with Crippen LogP contribution in [0.15, 0.2) is 0 Å². The third-order valence-corrected chi connectivity index (χ3v) is 4.75. The number of nitrogens with two attached hydrogens (primary N) is 1. The topological polar surface area (TPSA) is 75.8 Å². The molecule has 5 heteroatoms. The molecule has 0 aromatic carbocycles. The molecule has 0 atom stereocenters. The quantitative estimate of drug-likeness (QED) is 0.251. The van der Waals surface area contributed by atoms with Crippen LogP contribution in [0.4, 0.5) is 0 Å². The molecule has 26 heavy (non-hydrogen) atoms. The Morgan fingerprint density at radius 1 is 0.846 bits per heavy atom. The number of carbonyl (C=O) groups is 1. The Morgan fingerprint density at radius 2 is 1.38 bits per heavy atom. The van der Waals surface area contributed by atoms with Crippen molar-refractivity contribution in [2.24, 2.45) is 5.73 Å². The summed E-state index contributed by atoms with van der Waals surface area (Å²) in [6, 6.07) is 0. The summed E-state index contributed by atoms with van der Waals surface area (Å²) < 4.78 is 5.28. The standard InChI is InChI=1S/C21H44N2O3/c1-2-3-4-5-6-7-8-9-10-11-12-13-20-26-21(25)14-16-23(17-15-22)18-19-24/h24H,2-20,22H2,1H3. The zero-order chi connectivity index (χ0) is 19.3. The zero-order valence-electron chi connectivity index (χ0n) is 17.2. The lowest BCUT2D eigenvalue weighted by molar-refractivity contribution is -0.144. The van der Waals surface area contributed by atoms with E-state index in [0.29, 0.717) is 39.2 Å². The van der Waals surface area contributed by atoms with E-state index in [0.717, 1.165) is 12.8 Å². The molecule has 0 bridgehead atoms. The van der Waals surface area contributed by atoms with Gasteiger partial charge in [0.2, 0.25) is 0 Å². The van der Waals surface area contributed by atoms with Crippen LogP contribution in [0.5, 0.6) is 0 Å². The Morgan fingerprint density at radius 3 is 1.88 bits per heavy atom. The second kappa shape index (κ2) is 20.7. The SMILES string of the molecule is CCCCCCCCCCCCCCOC(=O)CCN(CCN)CCO. The van der Waals surface area contributed by atoms with Crippen molar-refractivity contribution >= 4 is 5.97 Å². The van der Waals surface area contributed by atoms with E-state index in [4.69, 9.17) is 15.6 Å². The van der Waals surface area contributed by atoms with E-state index >= 15 is 0 Å². The highest BCUT2D eigenvalue weighted by atomic mass is 16.5. The molecule has 0 aliphatic carbocycles. The summed E-state index contributed by atoms with van der Waals surface area (Å²) in [5.41, 5.74) is 5.52. The van der Waals surface area contributed by atoms with Crippen molar-refractivity contribution < 1.29 is 14.6 Å². The number of aliphatic hydroxyl groups is 1. The molecule has 0 fully saturated rings. The summed E-state index contributed by atoms with van der Waals surface area (Å²) in [7, 11) is 0. The molecule has 5 nitrogen and oxygen atoms in total. The largest absolute Gasteiger partial charge is 0.466 e. The van der Waals surface area contributed by atoms with Gasteiger partial charge in [-0.1, -0.05) is 77.6 Å². The lowest BCUT2D eigenvalue weighted by Gasteiger charge is -2.19. The summed E-state index contributed by atoms with van der Waals surface area (Å²) >= 11 is 0. The van der Waals surface area contributed by atoms with Gasteiger partial charge in [-0.05, 0) is 6.42 Å². The van der Waals surface area contributed by atoms with Gasteiger partial charge in [0.15, 0.2) is 0 Å². The molecule has 0 amide bonds. The predicted octanol–water partition coefficient (Wildman–Crippen LogP) is 3.87. The van der Waals surface area contributed by atoms with Crippen molar-refractivity contribution in [3.63, 3.8) is 0 Å². The van der Waals surface area contributed by atoms with Crippen LogP contribution < -0.4 is 5.73 Å². The van der Waals surface area contributed by atoms with Crippen molar-refractivity contribution in [2.45, 2.75) is 90.4 Å². The minimum absolute atomic E-state index is 0.0912. The Kier molecular flexibility index (Phi) is 20.1. The monoisotopic (exact) mass is 372 g/mol. The summed E-state index contributed by atoms with van der Waals surface area (Å²) in [6.07, 6.45) is 16.1. The fourth-order valence-electron chi connectivity index (χ4n) is 3.11. The first-order valence-corrected chi connectivity index (χ1v) is 10.9.